The minimum atomic E-state index is -0.373. The highest BCUT2D eigenvalue weighted by Gasteiger charge is 2.16. The Kier molecular flexibility index (Phi) is 6.36. The summed E-state index contributed by atoms with van der Waals surface area (Å²) in [7, 11) is 0. The molecule has 6 nitrogen and oxygen atoms in total. The van der Waals surface area contributed by atoms with E-state index in [0.29, 0.717) is 17.1 Å². The van der Waals surface area contributed by atoms with Crippen LogP contribution in [0.1, 0.15) is 28.9 Å². The molecule has 3 rings (SSSR count). The second-order valence-electron chi connectivity index (χ2n) is 6.16. The van der Waals surface area contributed by atoms with Gasteiger partial charge in [0.1, 0.15) is 0 Å². The fraction of sp³-hybridized carbons (Fsp3) is 0.136. The van der Waals surface area contributed by atoms with E-state index >= 15 is 0 Å². The number of pyridine rings is 1. The molecule has 1 heterocycles. The van der Waals surface area contributed by atoms with Crippen LogP contribution in [-0.4, -0.2) is 23.4 Å². The number of carbonyl (C=O) groups is 2. The Balaban J connectivity index is 1.63. The zero-order chi connectivity index (χ0) is 19.8. The maximum atomic E-state index is 12.7. The van der Waals surface area contributed by atoms with E-state index in [1.807, 2.05) is 37.3 Å². The predicted molar refractivity (Wildman–Crippen MR) is 107 cm³/mol. The van der Waals surface area contributed by atoms with Crippen LogP contribution in [0.4, 0.5) is 5.69 Å². The number of ether oxygens (including phenoxy) is 1. The van der Waals surface area contributed by atoms with E-state index in [2.05, 4.69) is 15.6 Å². The molecular formula is C22H21N3O3. The first-order valence-corrected chi connectivity index (χ1v) is 8.92. The van der Waals surface area contributed by atoms with Crippen LogP contribution in [0.2, 0.25) is 0 Å². The molecule has 2 N–H and O–H groups in total. The quantitative estimate of drug-likeness (QED) is 0.661. The van der Waals surface area contributed by atoms with Gasteiger partial charge in [-0.2, -0.15) is 0 Å². The minimum absolute atomic E-state index is 0.162. The van der Waals surface area contributed by atoms with Crippen molar-refractivity contribution in [3.63, 3.8) is 0 Å². The average molecular weight is 375 g/mol. The van der Waals surface area contributed by atoms with E-state index in [-0.39, 0.29) is 24.5 Å². The molecule has 1 aromatic heterocycles. The van der Waals surface area contributed by atoms with E-state index < -0.39 is 0 Å². The molecule has 2 aromatic carbocycles. The monoisotopic (exact) mass is 375 g/mol. The summed E-state index contributed by atoms with van der Waals surface area (Å²) in [6, 6.07) is 21.6. The molecule has 1 atom stereocenters. The number of anilines is 1. The number of rotatable bonds is 7. The van der Waals surface area contributed by atoms with Gasteiger partial charge in [-0.1, -0.05) is 48.5 Å². The fourth-order valence-electron chi connectivity index (χ4n) is 2.65. The van der Waals surface area contributed by atoms with Gasteiger partial charge in [0.2, 0.25) is 5.88 Å². The number of hydrogen-bond acceptors (Lipinski definition) is 4. The number of nitrogens with one attached hydrogen (secondary N) is 2. The maximum absolute atomic E-state index is 12.7. The van der Waals surface area contributed by atoms with Crippen molar-refractivity contribution in [3.05, 3.63) is 90.1 Å². The zero-order valence-corrected chi connectivity index (χ0v) is 15.5. The molecule has 0 fully saturated rings. The minimum Gasteiger partial charge on any atom is -0.468 e. The molecule has 0 aliphatic heterocycles. The Labute approximate surface area is 163 Å². The lowest BCUT2D eigenvalue weighted by atomic mass is 10.1. The molecule has 0 bridgehead atoms. The SMILES string of the molecule is CC(NC(=O)c1ccccc1NC(=O)COc1ccccn1)c1ccccc1. The van der Waals surface area contributed by atoms with Gasteiger partial charge in [-0.25, -0.2) is 4.98 Å². The second-order valence-corrected chi connectivity index (χ2v) is 6.16. The summed E-state index contributed by atoms with van der Waals surface area (Å²) < 4.78 is 5.34. The van der Waals surface area contributed by atoms with Gasteiger partial charge in [-0.3, -0.25) is 9.59 Å². The van der Waals surface area contributed by atoms with Crippen LogP contribution >= 0.6 is 0 Å². The van der Waals surface area contributed by atoms with Gasteiger partial charge < -0.3 is 15.4 Å². The van der Waals surface area contributed by atoms with Crippen molar-refractivity contribution in [2.45, 2.75) is 13.0 Å². The maximum Gasteiger partial charge on any atom is 0.262 e. The lowest BCUT2D eigenvalue weighted by molar-refractivity contribution is -0.118. The number of nitrogens with zero attached hydrogens (tertiary/aromatic N) is 1. The Morgan fingerprint density at radius 2 is 1.68 bits per heavy atom. The van der Waals surface area contributed by atoms with E-state index in [9.17, 15) is 9.59 Å². The summed E-state index contributed by atoms with van der Waals surface area (Å²) in [6.45, 7) is 1.71. The van der Waals surface area contributed by atoms with Gasteiger partial charge in [-0.15, -0.1) is 0 Å². The topological polar surface area (TPSA) is 80.3 Å². The Morgan fingerprint density at radius 1 is 0.964 bits per heavy atom. The highest BCUT2D eigenvalue weighted by atomic mass is 16.5. The Morgan fingerprint density at radius 3 is 2.43 bits per heavy atom. The predicted octanol–water partition coefficient (Wildman–Crippen LogP) is 3.59. The number of para-hydroxylation sites is 1. The molecule has 0 saturated heterocycles. The first-order chi connectivity index (χ1) is 13.6. The Bertz CT molecular complexity index is 930. The van der Waals surface area contributed by atoms with Crippen molar-refractivity contribution >= 4 is 17.5 Å². The van der Waals surface area contributed by atoms with Crippen LogP contribution in [0.5, 0.6) is 5.88 Å². The molecule has 0 saturated carbocycles. The van der Waals surface area contributed by atoms with Crippen LogP contribution in [0.25, 0.3) is 0 Å². The first-order valence-electron chi connectivity index (χ1n) is 8.92. The fourth-order valence-corrected chi connectivity index (χ4v) is 2.65. The summed E-state index contributed by atoms with van der Waals surface area (Å²) in [5, 5.41) is 5.67. The molecule has 1 unspecified atom stereocenters. The third-order valence-electron chi connectivity index (χ3n) is 4.08. The zero-order valence-electron chi connectivity index (χ0n) is 15.5. The summed E-state index contributed by atoms with van der Waals surface area (Å²) in [4.78, 5) is 28.9. The molecule has 2 amide bonds. The molecule has 6 heteroatoms. The number of benzene rings is 2. The van der Waals surface area contributed by atoms with E-state index in [1.54, 1.807) is 48.7 Å². The average Bonchev–Trinajstić information content (AvgIpc) is 2.74. The number of amides is 2. The number of aromatic nitrogens is 1. The molecule has 0 spiro atoms. The van der Waals surface area contributed by atoms with Crippen molar-refractivity contribution in [2.75, 3.05) is 11.9 Å². The molecule has 0 aliphatic rings. The lowest BCUT2D eigenvalue weighted by Gasteiger charge is -2.16. The molecular weight excluding hydrogens is 354 g/mol. The van der Waals surface area contributed by atoms with Crippen LogP contribution in [0.3, 0.4) is 0 Å². The van der Waals surface area contributed by atoms with Crippen LogP contribution in [0.15, 0.2) is 79.0 Å². The van der Waals surface area contributed by atoms with Gasteiger partial charge in [0.15, 0.2) is 6.61 Å². The third-order valence-corrected chi connectivity index (χ3v) is 4.08. The molecule has 0 aliphatic carbocycles. The molecule has 142 valence electrons. The van der Waals surface area contributed by atoms with E-state index in [0.717, 1.165) is 5.56 Å². The number of carbonyl (C=O) groups excluding carboxylic acids is 2. The van der Waals surface area contributed by atoms with Gasteiger partial charge in [0.25, 0.3) is 11.8 Å². The molecule has 0 radical (unpaired) electrons. The smallest absolute Gasteiger partial charge is 0.262 e. The second kappa shape index (κ2) is 9.32. The molecule has 3 aromatic rings. The summed E-state index contributed by atoms with van der Waals surface area (Å²) in [5.74, 6) is -0.278. The summed E-state index contributed by atoms with van der Waals surface area (Å²) >= 11 is 0. The van der Waals surface area contributed by atoms with Crippen molar-refractivity contribution in [1.82, 2.24) is 10.3 Å². The third kappa shape index (κ3) is 5.17. The van der Waals surface area contributed by atoms with Gasteiger partial charge >= 0.3 is 0 Å². The van der Waals surface area contributed by atoms with Crippen molar-refractivity contribution in [2.24, 2.45) is 0 Å². The van der Waals surface area contributed by atoms with E-state index in [4.69, 9.17) is 4.74 Å². The highest BCUT2D eigenvalue weighted by molar-refractivity contribution is 6.04. The van der Waals surface area contributed by atoms with Gasteiger partial charge in [0, 0.05) is 12.3 Å². The molecule has 28 heavy (non-hydrogen) atoms. The van der Waals surface area contributed by atoms with Crippen molar-refractivity contribution < 1.29 is 14.3 Å². The van der Waals surface area contributed by atoms with Gasteiger partial charge in [0.05, 0.1) is 17.3 Å². The lowest BCUT2D eigenvalue weighted by Crippen LogP contribution is -2.28. The van der Waals surface area contributed by atoms with Crippen molar-refractivity contribution in [3.8, 4) is 5.88 Å². The normalized spacial score (nSPS) is 11.3. The first kappa shape index (κ1) is 19.1. The number of hydrogen-bond donors (Lipinski definition) is 2. The summed E-state index contributed by atoms with van der Waals surface area (Å²) in [6.07, 6.45) is 1.58. The highest BCUT2D eigenvalue weighted by Crippen LogP contribution is 2.18. The Hall–Kier alpha value is -3.67. The van der Waals surface area contributed by atoms with Crippen LogP contribution < -0.4 is 15.4 Å². The van der Waals surface area contributed by atoms with Gasteiger partial charge in [-0.05, 0) is 30.7 Å². The van der Waals surface area contributed by atoms with Crippen LogP contribution in [0, 0.1) is 0 Å². The largest absolute Gasteiger partial charge is 0.468 e. The standard InChI is InChI=1S/C22H21N3O3/c1-16(17-9-3-2-4-10-17)24-22(27)18-11-5-6-12-19(18)25-20(26)15-28-21-13-7-8-14-23-21/h2-14,16H,15H2,1H3,(H,24,27)(H,25,26). The van der Waals surface area contributed by atoms with Crippen molar-refractivity contribution in [1.29, 1.82) is 0 Å². The van der Waals surface area contributed by atoms with E-state index in [1.165, 1.54) is 0 Å². The van der Waals surface area contributed by atoms with Crippen LogP contribution in [-0.2, 0) is 4.79 Å². The summed E-state index contributed by atoms with van der Waals surface area (Å²) in [5.41, 5.74) is 1.81.